The molecule has 5 aromatic rings. The summed E-state index contributed by atoms with van der Waals surface area (Å²) in [5.41, 5.74) is 7.40. The highest BCUT2D eigenvalue weighted by atomic mass is 16.1. The first-order chi connectivity index (χ1) is 17.6. The molecule has 1 aliphatic heterocycles. The van der Waals surface area contributed by atoms with Crippen LogP contribution in [0.15, 0.2) is 48.9 Å². The predicted molar refractivity (Wildman–Crippen MR) is 141 cm³/mol. The van der Waals surface area contributed by atoms with Crippen molar-refractivity contribution >= 4 is 39.3 Å². The monoisotopic (exact) mass is 481 g/mol. The number of aromatic amines is 2. The zero-order valence-corrected chi connectivity index (χ0v) is 20.2. The summed E-state index contributed by atoms with van der Waals surface area (Å²) in [6, 6.07) is 9.96. The molecule has 3 N–H and O–H groups in total. The average molecular weight is 482 g/mol. The van der Waals surface area contributed by atoms with E-state index in [4.69, 9.17) is 4.98 Å². The molecule has 0 radical (unpaired) electrons. The summed E-state index contributed by atoms with van der Waals surface area (Å²) in [6.07, 6.45) is 5.63. The SMILES string of the molecule is CCC(=O)Nc1cncc(-c2ccc3[nH]nc(-c4cc5c(N6CCN(C)CC6)ccnc5[nH]4)c3n2)c1. The van der Waals surface area contributed by atoms with Gasteiger partial charge in [0.1, 0.15) is 16.9 Å². The van der Waals surface area contributed by atoms with Gasteiger partial charge >= 0.3 is 0 Å². The first kappa shape index (κ1) is 22.2. The first-order valence-corrected chi connectivity index (χ1v) is 12.1. The molecule has 5 aromatic heterocycles. The lowest BCUT2D eigenvalue weighted by atomic mass is 10.1. The molecule has 1 saturated heterocycles. The standard InChI is InChI=1S/C26H27N9O/c1-3-23(36)29-17-12-16(14-27-15-17)19-4-5-20-24(30-19)25(33-32-20)21-13-18-22(6-7-28-26(18)31-21)35-10-8-34(2)9-11-35/h4-7,12-15H,3,8-11H2,1-2H3,(H,28,31)(H,29,36)(H,32,33). The molecule has 1 aliphatic rings. The molecular weight excluding hydrogens is 454 g/mol. The van der Waals surface area contributed by atoms with Crippen LogP contribution in [0.5, 0.6) is 0 Å². The van der Waals surface area contributed by atoms with Crippen molar-refractivity contribution in [2.24, 2.45) is 0 Å². The lowest BCUT2D eigenvalue weighted by Gasteiger charge is -2.34. The van der Waals surface area contributed by atoms with E-state index >= 15 is 0 Å². The molecule has 182 valence electrons. The third-order valence-electron chi connectivity index (χ3n) is 6.65. The Bertz CT molecular complexity index is 1560. The summed E-state index contributed by atoms with van der Waals surface area (Å²) in [5, 5.41) is 11.6. The van der Waals surface area contributed by atoms with Crippen LogP contribution >= 0.6 is 0 Å². The molecule has 1 fully saturated rings. The van der Waals surface area contributed by atoms with Gasteiger partial charge in [-0.05, 0) is 37.4 Å². The number of hydrogen-bond donors (Lipinski definition) is 3. The number of aromatic nitrogens is 6. The Hall–Kier alpha value is -4.31. The zero-order valence-electron chi connectivity index (χ0n) is 20.2. The van der Waals surface area contributed by atoms with E-state index in [1.807, 2.05) is 31.3 Å². The van der Waals surface area contributed by atoms with Crippen LogP contribution in [0, 0.1) is 0 Å². The Kier molecular flexibility index (Phi) is 5.57. The van der Waals surface area contributed by atoms with Crippen LogP contribution in [-0.2, 0) is 4.79 Å². The highest BCUT2D eigenvalue weighted by molar-refractivity contribution is 5.98. The Labute approximate surface area is 207 Å². The number of H-pyrrole nitrogens is 2. The van der Waals surface area contributed by atoms with Gasteiger partial charge in [-0.3, -0.25) is 14.9 Å². The first-order valence-electron chi connectivity index (χ1n) is 12.1. The smallest absolute Gasteiger partial charge is 0.224 e. The predicted octanol–water partition coefficient (Wildman–Crippen LogP) is 3.66. The second-order valence-corrected chi connectivity index (χ2v) is 9.09. The van der Waals surface area contributed by atoms with E-state index in [0.29, 0.717) is 12.1 Å². The number of fused-ring (bicyclic) bond motifs is 2. The van der Waals surface area contributed by atoms with Gasteiger partial charge in [0.2, 0.25) is 5.91 Å². The summed E-state index contributed by atoms with van der Waals surface area (Å²) < 4.78 is 0. The van der Waals surface area contributed by atoms with Crippen molar-refractivity contribution in [2.45, 2.75) is 13.3 Å². The molecule has 6 heterocycles. The molecule has 10 heteroatoms. The van der Waals surface area contributed by atoms with Crippen LogP contribution in [0.4, 0.5) is 11.4 Å². The molecule has 0 unspecified atom stereocenters. The second kappa shape index (κ2) is 9.04. The van der Waals surface area contributed by atoms with E-state index in [1.54, 1.807) is 12.4 Å². The van der Waals surface area contributed by atoms with Crippen LogP contribution in [0.25, 0.3) is 44.7 Å². The van der Waals surface area contributed by atoms with Crippen LogP contribution in [0.2, 0.25) is 0 Å². The number of nitrogens with one attached hydrogen (secondary N) is 3. The number of hydrogen-bond acceptors (Lipinski definition) is 7. The fraction of sp³-hybridized carbons (Fsp3) is 0.269. The maximum Gasteiger partial charge on any atom is 0.224 e. The van der Waals surface area contributed by atoms with Crippen molar-refractivity contribution in [3.63, 3.8) is 0 Å². The highest BCUT2D eigenvalue weighted by Crippen LogP contribution is 2.33. The van der Waals surface area contributed by atoms with E-state index in [0.717, 1.165) is 70.9 Å². The van der Waals surface area contributed by atoms with E-state index in [-0.39, 0.29) is 5.91 Å². The van der Waals surface area contributed by atoms with E-state index in [2.05, 4.69) is 59.4 Å². The normalized spacial score (nSPS) is 14.6. The third-order valence-corrected chi connectivity index (χ3v) is 6.65. The number of rotatable bonds is 5. The molecule has 0 aliphatic carbocycles. The third kappa shape index (κ3) is 4.05. The molecule has 0 aromatic carbocycles. The fourth-order valence-corrected chi connectivity index (χ4v) is 4.61. The van der Waals surface area contributed by atoms with Crippen LogP contribution in [0.3, 0.4) is 0 Å². The van der Waals surface area contributed by atoms with Gasteiger partial charge in [0.15, 0.2) is 0 Å². The van der Waals surface area contributed by atoms with Crippen molar-refractivity contribution in [1.82, 2.24) is 35.0 Å². The quantitative estimate of drug-likeness (QED) is 0.350. The van der Waals surface area contributed by atoms with E-state index in [9.17, 15) is 4.79 Å². The lowest BCUT2D eigenvalue weighted by molar-refractivity contribution is -0.115. The molecule has 6 rings (SSSR count). The molecule has 36 heavy (non-hydrogen) atoms. The summed E-state index contributed by atoms with van der Waals surface area (Å²) in [6.45, 7) is 5.86. The van der Waals surface area contributed by atoms with Gasteiger partial charge in [-0.2, -0.15) is 5.10 Å². The fourth-order valence-electron chi connectivity index (χ4n) is 4.61. The number of anilines is 2. The number of piperazine rings is 1. The molecule has 0 atom stereocenters. The van der Waals surface area contributed by atoms with Crippen LogP contribution in [0.1, 0.15) is 13.3 Å². The summed E-state index contributed by atoms with van der Waals surface area (Å²) in [5.74, 6) is -0.0576. The van der Waals surface area contributed by atoms with Crippen molar-refractivity contribution in [1.29, 1.82) is 0 Å². The van der Waals surface area contributed by atoms with Gasteiger partial charge in [-0.25, -0.2) is 9.97 Å². The molecule has 10 nitrogen and oxygen atoms in total. The number of nitrogens with zero attached hydrogens (tertiary/aromatic N) is 6. The molecule has 0 bridgehead atoms. The van der Waals surface area contributed by atoms with Gasteiger partial charge in [0, 0.05) is 61.6 Å². The van der Waals surface area contributed by atoms with E-state index in [1.165, 1.54) is 5.69 Å². The van der Waals surface area contributed by atoms with Gasteiger partial charge in [-0.15, -0.1) is 0 Å². The number of likely N-dealkylation sites (N-methyl/N-ethyl adjacent to an activating group) is 1. The minimum absolute atomic E-state index is 0.0576. The number of carbonyl (C=O) groups excluding carboxylic acids is 1. The van der Waals surface area contributed by atoms with E-state index < -0.39 is 0 Å². The van der Waals surface area contributed by atoms with Crippen molar-refractivity contribution in [3.8, 4) is 22.6 Å². The Morgan fingerprint density at radius 3 is 2.81 bits per heavy atom. The van der Waals surface area contributed by atoms with Gasteiger partial charge in [0.25, 0.3) is 0 Å². The molecule has 0 saturated carbocycles. The second-order valence-electron chi connectivity index (χ2n) is 9.09. The maximum absolute atomic E-state index is 11.8. The van der Waals surface area contributed by atoms with Crippen molar-refractivity contribution in [2.75, 3.05) is 43.4 Å². The number of pyridine rings is 3. The highest BCUT2D eigenvalue weighted by Gasteiger charge is 2.20. The minimum atomic E-state index is -0.0576. The maximum atomic E-state index is 11.8. The molecule has 1 amide bonds. The minimum Gasteiger partial charge on any atom is -0.368 e. The Morgan fingerprint density at radius 1 is 1.11 bits per heavy atom. The van der Waals surface area contributed by atoms with Gasteiger partial charge in [0.05, 0.1) is 28.8 Å². The average Bonchev–Trinajstić information content (AvgIpc) is 3.53. The van der Waals surface area contributed by atoms with Crippen molar-refractivity contribution in [3.05, 3.63) is 48.9 Å². The topological polar surface area (TPSA) is 119 Å². The number of amides is 1. The number of carbonyl (C=O) groups is 1. The molecule has 0 spiro atoms. The lowest BCUT2D eigenvalue weighted by Crippen LogP contribution is -2.44. The van der Waals surface area contributed by atoms with Crippen molar-refractivity contribution < 1.29 is 4.79 Å². The zero-order chi connectivity index (χ0) is 24.6. The summed E-state index contributed by atoms with van der Waals surface area (Å²) >= 11 is 0. The Balaban J connectivity index is 1.38. The van der Waals surface area contributed by atoms with Crippen LogP contribution < -0.4 is 10.2 Å². The summed E-state index contributed by atoms with van der Waals surface area (Å²) in [7, 11) is 2.16. The Morgan fingerprint density at radius 2 is 1.97 bits per heavy atom. The summed E-state index contributed by atoms with van der Waals surface area (Å²) in [4.78, 5) is 33.8. The largest absolute Gasteiger partial charge is 0.368 e. The van der Waals surface area contributed by atoms with Gasteiger partial charge in [-0.1, -0.05) is 6.92 Å². The molecular formula is C26H27N9O. The van der Waals surface area contributed by atoms with Crippen LogP contribution in [-0.4, -0.2) is 74.2 Å². The van der Waals surface area contributed by atoms with Gasteiger partial charge < -0.3 is 20.1 Å².